The number of H-pyrrole nitrogens is 6. The van der Waals surface area contributed by atoms with Crippen molar-refractivity contribution in [1.29, 1.82) is 0 Å². The van der Waals surface area contributed by atoms with Gasteiger partial charge in [0.25, 0.3) is 0 Å². The molecule has 0 unspecified atom stereocenters. The minimum atomic E-state index is -1.15. The van der Waals surface area contributed by atoms with Gasteiger partial charge in [0.1, 0.15) is 0 Å². The Morgan fingerprint density at radius 2 is 0.412 bits per heavy atom. The van der Waals surface area contributed by atoms with Crippen molar-refractivity contribution in [2.75, 3.05) is 0 Å². The second-order valence-electron chi connectivity index (χ2n) is 32.3. The maximum atomic E-state index is 11.4. The summed E-state index contributed by atoms with van der Waals surface area (Å²) in [6.07, 6.45) is 10.9. The van der Waals surface area contributed by atoms with Crippen molar-refractivity contribution in [2.24, 2.45) is 0 Å². The van der Waals surface area contributed by atoms with Gasteiger partial charge in [-0.15, -0.1) is 0 Å². The second-order valence-corrected chi connectivity index (χ2v) is 33.5. The van der Waals surface area contributed by atoms with Gasteiger partial charge in [0.15, 0.2) is 0 Å². The molecule has 6 N–H and O–H groups in total. The Kier molecular flexibility index (Phi) is 30.5. The zero-order valence-electron chi connectivity index (χ0n) is 74.3. The predicted molar refractivity (Wildman–Crippen MR) is 503 cm³/mol. The molecule has 9 aromatic rings. The van der Waals surface area contributed by atoms with Gasteiger partial charge in [0, 0.05) is 135 Å². The van der Waals surface area contributed by atoms with Crippen molar-refractivity contribution in [3.63, 3.8) is 0 Å². The molecule has 0 spiro atoms. The predicted octanol–water partition coefficient (Wildman–Crippen LogP) is 15.5. The molecule has 0 aliphatic carbocycles. The fraction of sp³-hybridized carbons (Fsp3) is 0.235. The molecule has 0 aromatic carbocycles. The number of nitrogens with zero attached hydrogens (tertiary/aromatic N) is 6. The first-order valence-electron chi connectivity index (χ1n) is 41.8. The summed E-state index contributed by atoms with van der Waals surface area (Å²) in [6, 6.07) is 17.1. The molecule has 0 atom stereocenters. The molecule has 24 bridgehead atoms. The maximum absolute atomic E-state index is 11.4. The standard InChI is InChI=1S/3C34H33ClN4O4.2Fe/c3*1-7-20-19(6)33-32(35)34-21(8-2)16(3)26(38-34)13-24-17(4)22(9-11-30(40)41)28(36-24)15-29-23(10-12-31(42)43)18(5)25(37-29)14-27(20)39-33;;/h3*7-8,13-15,36-37H,1-2,9-12H2,3-6H3,(H,40,41)(H,42,43);;/q;;;2*+3/p-6. The van der Waals surface area contributed by atoms with E-state index in [1.807, 2.05) is 138 Å². The number of allylic oxidation sites excluding steroid dienone is 18. The van der Waals surface area contributed by atoms with Crippen molar-refractivity contribution >= 4 is 204 Å². The van der Waals surface area contributed by atoms with E-state index >= 15 is 0 Å². The number of aromatic amines is 6. The van der Waals surface area contributed by atoms with Crippen LogP contribution in [0.15, 0.2) is 131 Å². The molecule has 6 aliphatic heterocycles. The molecule has 670 valence electrons. The smallest absolute Gasteiger partial charge is 0.550 e. The Labute approximate surface area is 792 Å². The zero-order chi connectivity index (χ0) is 93.5. The molecule has 2 radical (unpaired) electrons. The van der Waals surface area contributed by atoms with Crippen molar-refractivity contribution in [1.82, 2.24) is 59.8 Å². The monoisotopic (exact) mass is 1890 g/mol. The van der Waals surface area contributed by atoms with E-state index in [9.17, 15) is 59.4 Å². The van der Waals surface area contributed by atoms with E-state index in [2.05, 4.69) is 69.4 Å². The third-order valence-electron chi connectivity index (χ3n) is 24.8. The van der Waals surface area contributed by atoms with E-state index in [4.69, 9.17) is 64.7 Å². The molecule has 24 nitrogen and oxygen atoms in total. The van der Waals surface area contributed by atoms with Crippen LogP contribution < -0.4 is 30.6 Å². The molecule has 6 aliphatic rings. The van der Waals surface area contributed by atoms with Crippen LogP contribution in [-0.4, -0.2) is 95.6 Å². The van der Waals surface area contributed by atoms with Gasteiger partial charge in [-0.05, 0) is 315 Å². The SMILES string of the molecule is C=CC1=C(C)c2nc1cc1[nH]c(cc3[nH]c(cc4nc(c2Cl)C(C=C)=C4C)c(C)c3CCC(=O)[O-])c(CCC(=O)[O-])c1C.C=CC1=C(C)c2nc1cc1[nH]c(cc3[nH]c(cc4nc(c2Cl)C(C=C)=C4C)c(C)c3CCC(=O)[O-])c(CCC(=O)[O-])c1C.C=CC1=C(C)c2nc1cc1[nH]c(cc3[nH]c(cc4nc(c2Cl)C(C=C)=C4C)c(C)c3CCC(=O)[O-])c(CCC(=O)[O-])c1C.[Fe+3].[Fe+3]. The largest absolute Gasteiger partial charge is 3.00 e. The third kappa shape index (κ3) is 19.6. The second kappa shape index (κ2) is 40.5. The van der Waals surface area contributed by atoms with Crippen LogP contribution in [-0.2, 0) is 101 Å². The molecule has 0 fully saturated rings. The summed E-state index contributed by atoms with van der Waals surface area (Å²) in [5, 5.41) is 69.7. The number of fused-ring (bicyclic) bond motifs is 24. The maximum Gasteiger partial charge on any atom is 3.00 e. The molecule has 9 aromatic heterocycles. The Bertz CT molecular complexity index is 6610. The molecular weight excluding hydrogens is 1800 g/mol. The van der Waals surface area contributed by atoms with Crippen LogP contribution in [0.2, 0.25) is 15.1 Å². The van der Waals surface area contributed by atoms with Crippen molar-refractivity contribution in [3.05, 3.63) is 281 Å². The first-order valence-corrected chi connectivity index (χ1v) is 43.0. The summed E-state index contributed by atoms with van der Waals surface area (Å²) in [6.45, 7) is 47.2. The minimum Gasteiger partial charge on any atom is -0.550 e. The molecule has 0 saturated carbocycles. The molecule has 15 heterocycles. The Balaban J connectivity index is 0.000000188. The number of aryl methyl sites for hydroxylation is 12. The van der Waals surface area contributed by atoms with Gasteiger partial charge in [-0.25, -0.2) is 29.9 Å². The van der Waals surface area contributed by atoms with E-state index in [-0.39, 0.29) is 111 Å². The van der Waals surface area contributed by atoms with Crippen molar-refractivity contribution in [3.8, 4) is 0 Å². The van der Waals surface area contributed by atoms with Gasteiger partial charge in [-0.3, -0.25) is 0 Å². The van der Waals surface area contributed by atoms with Crippen LogP contribution in [0.3, 0.4) is 0 Å². The van der Waals surface area contributed by atoms with Gasteiger partial charge in [0.2, 0.25) is 0 Å². The first kappa shape index (κ1) is 98.6. The van der Waals surface area contributed by atoms with Gasteiger partial charge in [-0.1, -0.05) is 111 Å². The average Bonchev–Trinajstić information content (AvgIpc) is 1.61. The van der Waals surface area contributed by atoms with E-state index in [0.29, 0.717) is 116 Å². The fourth-order valence-corrected chi connectivity index (χ4v) is 18.5. The van der Waals surface area contributed by atoms with E-state index < -0.39 is 35.8 Å². The van der Waals surface area contributed by atoms with Crippen LogP contribution in [0.1, 0.15) is 215 Å². The molecule has 15 rings (SSSR count). The summed E-state index contributed by atoms with van der Waals surface area (Å²) < 4.78 is 0. The molecule has 131 heavy (non-hydrogen) atoms. The number of rotatable bonds is 24. The van der Waals surface area contributed by atoms with Gasteiger partial charge < -0.3 is 89.3 Å². The molecule has 0 amide bonds. The summed E-state index contributed by atoms with van der Waals surface area (Å²) in [7, 11) is 0. The van der Waals surface area contributed by atoms with Crippen LogP contribution in [0.5, 0.6) is 0 Å². The number of halogens is 3. The van der Waals surface area contributed by atoms with Gasteiger partial charge in [0.05, 0.1) is 83.4 Å². The fourth-order valence-electron chi connectivity index (χ4n) is 17.5. The molecule has 0 saturated heterocycles. The average molecular weight is 1900 g/mol. The quantitative estimate of drug-likeness (QED) is 0.0306. The van der Waals surface area contributed by atoms with E-state index in [1.165, 1.54) is 0 Å². The first-order chi connectivity index (χ1) is 61.3. The normalized spacial score (nSPS) is 12.8. The van der Waals surface area contributed by atoms with Crippen LogP contribution in [0.25, 0.3) is 133 Å². The Morgan fingerprint density at radius 3 is 0.573 bits per heavy atom. The number of carbonyl (C=O) groups is 6. The minimum absolute atomic E-state index is 0. The van der Waals surface area contributed by atoms with Crippen LogP contribution in [0, 0.1) is 41.5 Å². The third-order valence-corrected chi connectivity index (χ3v) is 25.9. The summed E-state index contributed by atoms with van der Waals surface area (Å²) in [4.78, 5) is 119. The summed E-state index contributed by atoms with van der Waals surface area (Å²) in [5.41, 5.74) is 36.3. The number of hydrogen-bond acceptors (Lipinski definition) is 18. The topological polar surface area (TPSA) is 413 Å². The summed E-state index contributed by atoms with van der Waals surface area (Å²) in [5.74, 6) is -6.88. The number of carbonyl (C=O) groups excluding carboxylic acids is 6. The molecule has 29 heteroatoms. The van der Waals surface area contributed by atoms with Gasteiger partial charge in [-0.2, -0.15) is 0 Å². The Hall–Kier alpha value is -13.0. The van der Waals surface area contributed by atoms with Gasteiger partial charge >= 0.3 is 34.1 Å². The number of carboxylic acids is 6. The van der Waals surface area contributed by atoms with Crippen LogP contribution >= 0.6 is 34.8 Å². The Morgan fingerprint density at radius 1 is 0.252 bits per heavy atom. The number of carboxylic acid groups (broad SMARTS) is 6. The number of aromatic nitrogens is 12. The molecular formula is C102H93Cl3Fe2N12O12. The van der Waals surface area contributed by atoms with E-state index in [0.717, 1.165) is 167 Å². The summed E-state index contributed by atoms with van der Waals surface area (Å²) >= 11 is 21.1. The van der Waals surface area contributed by atoms with Crippen LogP contribution in [0.4, 0.5) is 0 Å². The number of aliphatic carboxylic acids is 6. The number of nitrogens with one attached hydrogen (secondary N) is 6. The zero-order valence-corrected chi connectivity index (χ0v) is 78.8. The van der Waals surface area contributed by atoms with Crippen molar-refractivity contribution in [2.45, 2.75) is 160 Å². The number of hydrogen-bond donors (Lipinski definition) is 6. The van der Waals surface area contributed by atoms with Crippen molar-refractivity contribution < 1.29 is 93.5 Å². The van der Waals surface area contributed by atoms with E-state index in [1.54, 1.807) is 36.5 Å².